The number of piperazine rings is 1. The second-order valence-electron chi connectivity index (χ2n) is 4.79. The first-order valence-corrected chi connectivity index (χ1v) is 9.72. The first kappa shape index (κ1) is 16.4. The summed E-state index contributed by atoms with van der Waals surface area (Å²) in [5.74, 6) is 0. The van der Waals surface area contributed by atoms with E-state index >= 15 is 0 Å². The van der Waals surface area contributed by atoms with Crippen molar-refractivity contribution < 1.29 is 16.8 Å². The zero-order chi connectivity index (χ0) is 15.7. The van der Waals surface area contributed by atoms with Crippen molar-refractivity contribution in [3.63, 3.8) is 0 Å². The fourth-order valence-corrected chi connectivity index (χ4v) is 4.33. The van der Waals surface area contributed by atoms with Crippen LogP contribution < -0.4 is 5.73 Å². The molecule has 0 amide bonds. The van der Waals surface area contributed by atoms with Gasteiger partial charge < -0.3 is 5.73 Å². The molecule has 0 radical (unpaired) electrons. The second-order valence-corrected chi connectivity index (χ2v) is 8.71. The summed E-state index contributed by atoms with van der Waals surface area (Å²) >= 11 is 0. The third kappa shape index (κ3) is 3.61. The predicted molar refractivity (Wildman–Crippen MR) is 76.5 cm³/mol. The van der Waals surface area contributed by atoms with Gasteiger partial charge in [0.05, 0.1) is 19.0 Å². The Morgan fingerprint density at radius 3 is 2.24 bits per heavy atom. The van der Waals surface area contributed by atoms with Crippen LogP contribution >= 0.6 is 0 Å². The van der Waals surface area contributed by atoms with Crippen LogP contribution in [0.4, 0.5) is 0 Å². The number of nitrogens with two attached hydrogens (primary N) is 1. The predicted octanol–water partition coefficient (Wildman–Crippen LogP) is -1.89. The maximum absolute atomic E-state index is 12.4. The average Bonchev–Trinajstić information content (AvgIpc) is 2.88. The van der Waals surface area contributed by atoms with Crippen LogP contribution in [0.3, 0.4) is 0 Å². The van der Waals surface area contributed by atoms with Crippen molar-refractivity contribution in [1.29, 1.82) is 0 Å². The number of nitrogens with zero attached hydrogens (tertiary/aromatic N) is 4. The molecule has 2 heterocycles. The van der Waals surface area contributed by atoms with E-state index in [9.17, 15) is 16.8 Å². The Morgan fingerprint density at radius 1 is 1.14 bits per heavy atom. The molecule has 0 aliphatic carbocycles. The summed E-state index contributed by atoms with van der Waals surface area (Å²) in [5.41, 5.74) is 5.39. The van der Waals surface area contributed by atoms with Crippen molar-refractivity contribution in [1.82, 2.24) is 18.4 Å². The summed E-state index contributed by atoms with van der Waals surface area (Å²) in [7, 11) is -6.92. The van der Waals surface area contributed by atoms with Gasteiger partial charge in [0.15, 0.2) is 0 Å². The van der Waals surface area contributed by atoms with Gasteiger partial charge in [-0.3, -0.25) is 4.68 Å². The minimum Gasteiger partial charge on any atom is -0.329 e. The zero-order valence-corrected chi connectivity index (χ0v) is 13.3. The molecule has 2 rings (SSSR count). The minimum absolute atomic E-state index is 0.101. The Kier molecular flexibility index (Phi) is 4.68. The Labute approximate surface area is 124 Å². The third-order valence-electron chi connectivity index (χ3n) is 3.27. The van der Waals surface area contributed by atoms with Gasteiger partial charge >= 0.3 is 0 Å². The van der Waals surface area contributed by atoms with Crippen molar-refractivity contribution in [3.05, 3.63) is 12.4 Å². The molecular weight excluding hydrogens is 318 g/mol. The van der Waals surface area contributed by atoms with E-state index in [2.05, 4.69) is 5.10 Å². The quantitative estimate of drug-likeness (QED) is 0.671. The van der Waals surface area contributed by atoms with Gasteiger partial charge in [0.25, 0.3) is 0 Å². The van der Waals surface area contributed by atoms with E-state index in [4.69, 9.17) is 5.73 Å². The van der Waals surface area contributed by atoms with E-state index in [1.807, 2.05) is 0 Å². The molecule has 1 fully saturated rings. The fraction of sp³-hybridized carbons (Fsp3) is 0.700. The topological polar surface area (TPSA) is 119 Å². The molecular formula is C10H19N5O4S2. The monoisotopic (exact) mass is 337 g/mol. The van der Waals surface area contributed by atoms with Gasteiger partial charge in [-0.25, -0.2) is 16.8 Å². The molecule has 0 bridgehead atoms. The van der Waals surface area contributed by atoms with Crippen LogP contribution in [0.2, 0.25) is 0 Å². The van der Waals surface area contributed by atoms with E-state index in [0.717, 1.165) is 6.26 Å². The molecule has 11 heteroatoms. The molecule has 0 saturated carbocycles. The summed E-state index contributed by atoms with van der Waals surface area (Å²) in [4.78, 5) is 0.101. The number of sulfonamides is 2. The van der Waals surface area contributed by atoms with Crippen LogP contribution in [-0.2, 0) is 26.6 Å². The summed E-state index contributed by atoms with van der Waals surface area (Å²) in [6.07, 6.45) is 3.84. The molecule has 1 saturated heterocycles. The largest absolute Gasteiger partial charge is 0.329 e. The summed E-state index contributed by atoms with van der Waals surface area (Å²) in [5, 5.41) is 3.95. The molecule has 2 N–H and O–H groups in total. The van der Waals surface area contributed by atoms with E-state index in [1.165, 1.54) is 25.7 Å². The number of aromatic nitrogens is 2. The Hall–Kier alpha value is -1.01. The molecule has 9 nitrogen and oxygen atoms in total. The molecule has 0 atom stereocenters. The highest BCUT2D eigenvalue weighted by Gasteiger charge is 2.32. The van der Waals surface area contributed by atoms with Crippen molar-refractivity contribution >= 4 is 20.0 Å². The number of hydrogen-bond acceptors (Lipinski definition) is 6. The van der Waals surface area contributed by atoms with Crippen molar-refractivity contribution in [3.8, 4) is 0 Å². The van der Waals surface area contributed by atoms with Crippen LogP contribution in [0.15, 0.2) is 17.3 Å². The van der Waals surface area contributed by atoms with Crippen LogP contribution in [0.1, 0.15) is 0 Å². The fourth-order valence-electron chi connectivity index (χ4n) is 2.12. The molecule has 0 unspecified atom stereocenters. The lowest BCUT2D eigenvalue weighted by Gasteiger charge is -2.32. The molecule has 1 aromatic rings. The van der Waals surface area contributed by atoms with Crippen LogP contribution in [0.5, 0.6) is 0 Å². The highest BCUT2D eigenvalue weighted by molar-refractivity contribution is 7.89. The highest BCUT2D eigenvalue weighted by Crippen LogP contribution is 2.17. The maximum atomic E-state index is 12.4. The zero-order valence-electron chi connectivity index (χ0n) is 11.7. The van der Waals surface area contributed by atoms with E-state index in [1.54, 1.807) is 0 Å². The molecule has 0 aromatic carbocycles. The summed E-state index contributed by atoms with van der Waals surface area (Å²) < 4.78 is 51.7. The lowest BCUT2D eigenvalue weighted by molar-refractivity contribution is 0.274. The maximum Gasteiger partial charge on any atom is 0.246 e. The lowest BCUT2D eigenvalue weighted by Crippen LogP contribution is -2.50. The molecule has 21 heavy (non-hydrogen) atoms. The first-order chi connectivity index (χ1) is 9.75. The van der Waals surface area contributed by atoms with Gasteiger partial charge in [-0.1, -0.05) is 0 Å². The van der Waals surface area contributed by atoms with E-state index in [-0.39, 0.29) is 31.1 Å². The Balaban J connectivity index is 2.11. The summed E-state index contributed by atoms with van der Waals surface area (Å²) in [6, 6.07) is 0. The van der Waals surface area contributed by atoms with Crippen LogP contribution in [0, 0.1) is 0 Å². The minimum atomic E-state index is -3.64. The highest BCUT2D eigenvalue weighted by atomic mass is 32.2. The van der Waals surface area contributed by atoms with Gasteiger partial charge in [0.2, 0.25) is 20.0 Å². The van der Waals surface area contributed by atoms with Crippen molar-refractivity contribution in [2.45, 2.75) is 11.4 Å². The molecule has 1 aliphatic heterocycles. The first-order valence-electron chi connectivity index (χ1n) is 6.43. The molecule has 120 valence electrons. The van der Waals surface area contributed by atoms with Gasteiger partial charge in [-0.2, -0.15) is 13.7 Å². The normalized spacial score (nSPS) is 19.0. The van der Waals surface area contributed by atoms with Crippen molar-refractivity contribution in [2.24, 2.45) is 5.73 Å². The SMILES string of the molecule is CS(=O)(=O)N1CCN(S(=O)(=O)c2cnn(CCN)c2)CC1. The number of hydrogen-bond donors (Lipinski definition) is 1. The molecule has 1 aromatic heterocycles. The van der Waals surface area contributed by atoms with Gasteiger partial charge in [0.1, 0.15) is 4.90 Å². The molecule has 0 spiro atoms. The number of rotatable bonds is 5. The van der Waals surface area contributed by atoms with Gasteiger partial charge in [-0.15, -0.1) is 0 Å². The van der Waals surface area contributed by atoms with E-state index in [0.29, 0.717) is 13.1 Å². The summed E-state index contributed by atoms with van der Waals surface area (Å²) in [6.45, 7) is 1.41. The second kappa shape index (κ2) is 6.01. The van der Waals surface area contributed by atoms with Gasteiger partial charge in [-0.05, 0) is 0 Å². The third-order valence-corrected chi connectivity index (χ3v) is 6.43. The van der Waals surface area contributed by atoms with E-state index < -0.39 is 20.0 Å². The van der Waals surface area contributed by atoms with Gasteiger partial charge in [0, 0.05) is 38.9 Å². The Bertz CT molecular complexity index is 689. The van der Waals surface area contributed by atoms with Crippen LogP contribution in [0.25, 0.3) is 0 Å². The standard InChI is InChI=1S/C10H19N5O4S2/c1-20(16,17)14-4-6-15(7-5-14)21(18,19)10-8-12-13(9-10)3-2-11/h8-9H,2-7,11H2,1H3. The lowest BCUT2D eigenvalue weighted by atomic mass is 10.4. The van der Waals surface area contributed by atoms with Crippen LogP contribution in [-0.4, -0.2) is 74.2 Å². The molecule has 1 aliphatic rings. The van der Waals surface area contributed by atoms with Crippen molar-refractivity contribution in [2.75, 3.05) is 39.0 Å². The smallest absolute Gasteiger partial charge is 0.246 e. The Morgan fingerprint density at radius 2 is 1.71 bits per heavy atom. The average molecular weight is 337 g/mol.